The van der Waals surface area contributed by atoms with Crippen LogP contribution in [-0.2, 0) is 10.0 Å². The Morgan fingerprint density at radius 3 is 2.00 bits per heavy atom. The van der Waals surface area contributed by atoms with Crippen LogP contribution in [-0.4, -0.2) is 37.6 Å². The van der Waals surface area contributed by atoms with E-state index in [0.717, 1.165) is 0 Å². The van der Waals surface area contributed by atoms with Crippen molar-refractivity contribution in [3.8, 4) is 0 Å². The molecular weight excluding hydrogens is 224 g/mol. The van der Waals surface area contributed by atoms with E-state index in [1.54, 1.807) is 7.05 Å². The Kier molecular flexibility index (Phi) is 5.42. The molecule has 0 aromatic heterocycles. The predicted octanol–water partition coefficient (Wildman–Crippen LogP) is 1.42. The van der Waals surface area contributed by atoms with Crippen molar-refractivity contribution in [1.82, 2.24) is 4.31 Å². The second-order valence-corrected chi connectivity index (χ2v) is 7.64. The lowest BCUT2D eigenvalue weighted by Gasteiger charge is -2.36. The molecule has 4 nitrogen and oxygen atoms in total. The van der Waals surface area contributed by atoms with E-state index in [-0.39, 0.29) is 18.0 Å². The molecule has 0 saturated heterocycles. The lowest BCUT2D eigenvalue weighted by atomic mass is 9.88. The average molecular weight is 250 g/mol. The van der Waals surface area contributed by atoms with Gasteiger partial charge in [0.05, 0.1) is 5.25 Å². The van der Waals surface area contributed by atoms with Crippen molar-refractivity contribution in [2.24, 2.45) is 11.1 Å². The molecule has 0 aliphatic rings. The number of nitrogens with two attached hydrogens (primary N) is 1. The molecule has 0 radical (unpaired) electrons. The van der Waals surface area contributed by atoms with E-state index >= 15 is 0 Å². The van der Waals surface area contributed by atoms with E-state index in [0.29, 0.717) is 6.42 Å². The Morgan fingerprint density at radius 1 is 1.31 bits per heavy atom. The van der Waals surface area contributed by atoms with Crippen LogP contribution in [0.25, 0.3) is 0 Å². The van der Waals surface area contributed by atoms with Crippen molar-refractivity contribution in [3.05, 3.63) is 0 Å². The zero-order chi connectivity index (χ0) is 13.1. The molecule has 98 valence electrons. The molecule has 2 N–H and O–H groups in total. The zero-order valence-electron chi connectivity index (χ0n) is 11.3. The van der Waals surface area contributed by atoms with Gasteiger partial charge < -0.3 is 5.73 Å². The van der Waals surface area contributed by atoms with Crippen LogP contribution >= 0.6 is 0 Å². The summed E-state index contributed by atoms with van der Waals surface area (Å²) in [6.07, 6.45) is 0.556. The first-order chi connectivity index (χ1) is 7.08. The molecule has 0 aromatic carbocycles. The minimum atomic E-state index is -3.28. The highest BCUT2D eigenvalue weighted by molar-refractivity contribution is 7.89. The summed E-state index contributed by atoms with van der Waals surface area (Å²) in [5, 5.41) is -0.470. The Balaban J connectivity index is 5.04. The maximum atomic E-state index is 12.2. The van der Waals surface area contributed by atoms with Crippen molar-refractivity contribution in [2.75, 3.05) is 13.6 Å². The molecule has 0 heterocycles. The van der Waals surface area contributed by atoms with Crippen LogP contribution in [0.2, 0.25) is 0 Å². The van der Waals surface area contributed by atoms with Gasteiger partial charge in [-0.2, -0.15) is 0 Å². The third-order valence-electron chi connectivity index (χ3n) is 3.34. The highest BCUT2D eigenvalue weighted by Crippen LogP contribution is 2.26. The quantitative estimate of drug-likeness (QED) is 0.802. The maximum absolute atomic E-state index is 12.2. The highest BCUT2D eigenvalue weighted by atomic mass is 32.2. The summed E-state index contributed by atoms with van der Waals surface area (Å²) >= 11 is 0. The minimum absolute atomic E-state index is 0.0434. The Morgan fingerprint density at radius 2 is 1.75 bits per heavy atom. The van der Waals surface area contributed by atoms with Crippen molar-refractivity contribution < 1.29 is 8.42 Å². The van der Waals surface area contributed by atoms with Gasteiger partial charge in [0, 0.05) is 19.6 Å². The fourth-order valence-corrected chi connectivity index (χ4v) is 3.39. The SMILES string of the molecule is CCC(CN)S(=O)(=O)N(C)C(C)C(C)(C)C. The van der Waals surface area contributed by atoms with Gasteiger partial charge in [-0.1, -0.05) is 27.7 Å². The molecule has 5 heteroatoms. The molecule has 0 aliphatic heterocycles. The topological polar surface area (TPSA) is 63.4 Å². The van der Waals surface area contributed by atoms with Gasteiger partial charge in [0.1, 0.15) is 0 Å². The van der Waals surface area contributed by atoms with E-state index < -0.39 is 15.3 Å². The van der Waals surface area contributed by atoms with Crippen LogP contribution in [0.15, 0.2) is 0 Å². The normalized spacial score (nSPS) is 17.5. The molecule has 16 heavy (non-hydrogen) atoms. The molecule has 0 aromatic rings. The number of hydrogen-bond donors (Lipinski definition) is 1. The van der Waals surface area contributed by atoms with Crippen LogP contribution in [0.3, 0.4) is 0 Å². The largest absolute Gasteiger partial charge is 0.329 e. The second-order valence-electron chi connectivity index (χ2n) is 5.37. The van der Waals surface area contributed by atoms with Gasteiger partial charge in [0.25, 0.3) is 0 Å². The van der Waals surface area contributed by atoms with Gasteiger partial charge >= 0.3 is 0 Å². The molecule has 0 fully saturated rings. The summed E-state index contributed by atoms with van der Waals surface area (Å²) in [4.78, 5) is 0. The van der Waals surface area contributed by atoms with Gasteiger partial charge in [-0.05, 0) is 18.8 Å². The first-order valence-electron chi connectivity index (χ1n) is 5.75. The van der Waals surface area contributed by atoms with E-state index in [4.69, 9.17) is 5.73 Å². The second kappa shape index (κ2) is 5.47. The first kappa shape index (κ1) is 15.9. The number of nitrogens with zero attached hydrogens (tertiary/aromatic N) is 1. The fourth-order valence-electron chi connectivity index (χ4n) is 1.50. The summed E-state index contributed by atoms with van der Waals surface area (Å²) in [5.41, 5.74) is 5.44. The third-order valence-corrected chi connectivity index (χ3v) is 5.83. The van der Waals surface area contributed by atoms with Gasteiger partial charge in [0.15, 0.2) is 0 Å². The molecule has 0 saturated carbocycles. The van der Waals surface area contributed by atoms with Crippen LogP contribution in [0.5, 0.6) is 0 Å². The smallest absolute Gasteiger partial charge is 0.218 e. The first-order valence-corrected chi connectivity index (χ1v) is 7.26. The lowest BCUT2D eigenvalue weighted by Crippen LogP contribution is -2.48. The standard InChI is InChI=1S/C11H26N2O2S/c1-7-10(8-12)16(14,15)13(6)9(2)11(3,4)5/h9-10H,7-8,12H2,1-6H3. The zero-order valence-corrected chi connectivity index (χ0v) is 12.1. The van der Waals surface area contributed by atoms with Crippen molar-refractivity contribution in [3.63, 3.8) is 0 Å². The lowest BCUT2D eigenvalue weighted by molar-refractivity contribution is 0.215. The number of sulfonamides is 1. The molecule has 0 aliphatic carbocycles. The van der Waals surface area contributed by atoms with Crippen LogP contribution < -0.4 is 5.73 Å². The molecule has 0 amide bonds. The van der Waals surface area contributed by atoms with E-state index in [2.05, 4.69) is 0 Å². The predicted molar refractivity (Wildman–Crippen MR) is 68.7 cm³/mol. The van der Waals surface area contributed by atoms with E-state index in [1.807, 2.05) is 34.6 Å². The third kappa shape index (κ3) is 3.43. The molecule has 0 spiro atoms. The van der Waals surface area contributed by atoms with Crippen LogP contribution in [0.1, 0.15) is 41.0 Å². The van der Waals surface area contributed by atoms with Gasteiger partial charge in [0.2, 0.25) is 10.0 Å². The van der Waals surface area contributed by atoms with Gasteiger partial charge in [-0.15, -0.1) is 0 Å². The number of hydrogen-bond acceptors (Lipinski definition) is 3. The van der Waals surface area contributed by atoms with Crippen LogP contribution in [0.4, 0.5) is 0 Å². The van der Waals surface area contributed by atoms with Gasteiger partial charge in [-0.3, -0.25) is 0 Å². The molecule has 0 bridgehead atoms. The summed E-state index contributed by atoms with van der Waals surface area (Å²) in [6.45, 7) is 10.1. The summed E-state index contributed by atoms with van der Waals surface area (Å²) in [5.74, 6) is 0. The van der Waals surface area contributed by atoms with Crippen molar-refractivity contribution in [2.45, 2.75) is 52.3 Å². The Labute approximate surface area is 100 Å². The highest BCUT2D eigenvalue weighted by Gasteiger charge is 2.35. The molecule has 2 atom stereocenters. The minimum Gasteiger partial charge on any atom is -0.329 e. The monoisotopic (exact) mass is 250 g/mol. The summed E-state index contributed by atoms with van der Waals surface area (Å²) in [6, 6.07) is -0.0434. The number of rotatable bonds is 5. The Bertz CT molecular complexity index is 302. The van der Waals surface area contributed by atoms with Crippen molar-refractivity contribution >= 4 is 10.0 Å². The fraction of sp³-hybridized carbons (Fsp3) is 1.00. The van der Waals surface area contributed by atoms with E-state index in [9.17, 15) is 8.42 Å². The Hall–Kier alpha value is -0.130. The maximum Gasteiger partial charge on any atom is 0.218 e. The van der Waals surface area contributed by atoms with E-state index in [1.165, 1.54) is 4.31 Å². The van der Waals surface area contributed by atoms with Crippen LogP contribution in [0, 0.1) is 5.41 Å². The van der Waals surface area contributed by atoms with Crippen molar-refractivity contribution in [1.29, 1.82) is 0 Å². The summed E-state index contributed by atoms with van der Waals surface area (Å²) in [7, 11) is -1.63. The van der Waals surface area contributed by atoms with Gasteiger partial charge in [-0.25, -0.2) is 12.7 Å². The molecular formula is C11H26N2O2S. The molecule has 2 unspecified atom stereocenters. The molecule has 0 rings (SSSR count). The summed E-state index contributed by atoms with van der Waals surface area (Å²) < 4.78 is 25.9. The average Bonchev–Trinajstić information content (AvgIpc) is 2.15.